The summed E-state index contributed by atoms with van der Waals surface area (Å²) in [6, 6.07) is 65.8. The molecule has 5 heterocycles. The van der Waals surface area contributed by atoms with E-state index in [0.717, 1.165) is 45.0 Å². The Morgan fingerprint density at radius 2 is 0.609 bits per heavy atom. The van der Waals surface area contributed by atoms with Gasteiger partial charge in [-0.25, -0.2) is 36.6 Å². The van der Waals surface area contributed by atoms with Gasteiger partial charge < -0.3 is 25.5 Å². The van der Waals surface area contributed by atoms with Crippen LogP contribution in [0.5, 0.6) is 28.7 Å². The Hall–Kier alpha value is -6.23. The molecule has 0 radical (unpaired) electrons. The van der Waals surface area contributed by atoms with Gasteiger partial charge in [0.05, 0.1) is 31.1 Å². The van der Waals surface area contributed by atoms with Crippen molar-refractivity contribution in [3.05, 3.63) is 343 Å². The van der Waals surface area contributed by atoms with Crippen LogP contribution < -0.4 is 0 Å². The average molecular weight is 1930 g/mol. The van der Waals surface area contributed by atoms with Crippen molar-refractivity contribution in [3.63, 3.8) is 0 Å². The first-order chi connectivity index (χ1) is 55.8. The van der Waals surface area contributed by atoms with Crippen LogP contribution in [0.3, 0.4) is 0 Å². The van der Waals surface area contributed by atoms with E-state index < -0.39 is 103 Å². The van der Waals surface area contributed by atoms with Crippen LogP contribution >= 0.6 is 93.0 Å². The van der Waals surface area contributed by atoms with Crippen LogP contribution in [0, 0.1) is 17.5 Å². The van der Waals surface area contributed by atoms with Gasteiger partial charge >= 0.3 is 178 Å². The SMILES string of the molecule is CC(C)c1cccc(C=Nn2cccc2)c1O.Oc1c(C=Nn2cccc2)cc(F)cc1-c1ccccc1.Oc1c(C=Nn2cccc2)cccc1-c1cc(F)cc(F)c1.Oc1c(C=Nn2cccc2)cccc1-c1ccccc1.Oc1c(C=Nn2cccc2)cccc1C1CCCCC1.[Cl][Ti][Cl].[Cl][Ti][Cl].[Cl][Ti][Cl].[Cl][Ti][Cl].[Cl][Ti][Cl]. The summed E-state index contributed by atoms with van der Waals surface area (Å²) in [6.07, 6.45) is 32.3. The molecule has 1 aliphatic rings. The number of aromatic nitrogens is 5. The quantitative estimate of drug-likeness (QED) is 0.0504. The van der Waals surface area contributed by atoms with Gasteiger partial charge in [0.25, 0.3) is 0 Å². The third-order valence-electron chi connectivity index (χ3n) is 16.0. The van der Waals surface area contributed by atoms with E-state index in [1.807, 2.05) is 207 Å². The van der Waals surface area contributed by atoms with Gasteiger partial charge in [-0.05, 0) is 162 Å². The molecule has 0 atom stereocenters. The molecule has 1 fully saturated rings. The summed E-state index contributed by atoms with van der Waals surface area (Å²) >= 11 is -2.78. The van der Waals surface area contributed by atoms with Crippen molar-refractivity contribution in [3.8, 4) is 62.1 Å². The number of para-hydroxylation sites is 4. The van der Waals surface area contributed by atoms with E-state index in [1.165, 1.54) is 68.8 Å². The first-order valence-corrected chi connectivity index (χ1v) is 55.9. The van der Waals surface area contributed by atoms with Crippen molar-refractivity contribution < 1.29 is 124 Å². The molecule has 14 rings (SSSR count). The standard InChI is InChI=1S/C17H12F2N2O.C17H13FN2O.C17H20N2O.C17H14N2O.C14H16N2O.10ClH.5Ti/c18-14-8-13(9-15(19)10-14)16-5-3-4-12(17(16)22)11-20-21-6-1-2-7-21;18-15-10-14(12-19-20-8-4-5-9-20)17(21)16(11-15)13-6-2-1-3-7-13;2*20-17-15(13-18-19-11-4-5-12-19)9-6-10-16(17)14-7-2-1-3-8-14;1-11(2)13-7-5-6-12(14(13)17)10-15-16-8-3-4-9-16;;;;;;;;;;;;;;;/h1-11,22H;1-12,21H;4-6,9-14,20H,1-3,7-8H2;1-13,20H;3-11,17H,1-2H3;10*1H;;;;;/q;;;;;;;;;;;;;;;5*+2/p-10. The fourth-order valence-corrected chi connectivity index (χ4v) is 10.9. The summed E-state index contributed by atoms with van der Waals surface area (Å²) in [5.74, 6) is -0.105. The summed E-state index contributed by atoms with van der Waals surface area (Å²) in [6.45, 7) is 4.11. The number of hydrogen-bond acceptors (Lipinski definition) is 10. The van der Waals surface area contributed by atoms with Gasteiger partial charge in [0.15, 0.2) is 0 Å². The Kier molecular flexibility index (Phi) is 50.6. The minimum atomic E-state index is -0.694. The van der Waals surface area contributed by atoms with Crippen molar-refractivity contribution in [1.29, 1.82) is 0 Å². The minimum absolute atomic E-state index is 0.0125. The van der Waals surface area contributed by atoms with Gasteiger partial charge in [-0.3, -0.25) is 0 Å². The van der Waals surface area contributed by atoms with Gasteiger partial charge in [0.1, 0.15) is 46.2 Å². The monoisotopic (exact) mass is 1930 g/mol. The molecular weight excluding hydrogens is 1860 g/mol. The van der Waals surface area contributed by atoms with Crippen LogP contribution in [0.4, 0.5) is 13.2 Å². The van der Waals surface area contributed by atoms with Crippen molar-refractivity contribution >= 4 is 124 Å². The Labute approximate surface area is 750 Å². The van der Waals surface area contributed by atoms with E-state index in [9.17, 15) is 38.7 Å². The summed E-state index contributed by atoms with van der Waals surface area (Å²) in [4.78, 5) is 0. The fourth-order valence-electron chi connectivity index (χ4n) is 10.9. The Morgan fingerprint density at radius 1 is 0.313 bits per heavy atom. The zero-order valence-electron chi connectivity index (χ0n) is 61.3. The number of halogens is 13. The second-order valence-corrected chi connectivity index (χ2v) is 36.6. The van der Waals surface area contributed by atoms with Crippen LogP contribution in [0.15, 0.2) is 312 Å². The molecule has 1 aliphatic carbocycles. The first kappa shape index (κ1) is 99.3. The number of rotatable bonds is 15. The second kappa shape index (κ2) is 58.6. The maximum atomic E-state index is 13.8. The number of phenolic OH excluding ortho intramolecular Hbond substituents is 5. The molecule has 0 bridgehead atoms. The molecule has 0 aliphatic heterocycles. The molecular formula is C82H75Cl10F3N10O5Ti5. The Balaban J connectivity index is 0.000000246. The van der Waals surface area contributed by atoms with Gasteiger partial charge in [-0.15, -0.1) is 0 Å². The van der Waals surface area contributed by atoms with Crippen LogP contribution in [-0.4, -0.2) is 80.0 Å². The predicted octanol–water partition coefficient (Wildman–Crippen LogP) is 25.9. The topological polar surface area (TPSA) is 188 Å². The van der Waals surface area contributed by atoms with Crippen LogP contribution in [0.2, 0.25) is 0 Å². The summed E-state index contributed by atoms with van der Waals surface area (Å²) in [5.41, 5.74) is 8.66. The summed E-state index contributed by atoms with van der Waals surface area (Å²) < 4.78 is 48.7. The second-order valence-electron chi connectivity index (χ2n) is 23.7. The van der Waals surface area contributed by atoms with E-state index in [4.69, 9.17) is 93.0 Å². The van der Waals surface area contributed by atoms with Crippen molar-refractivity contribution in [2.45, 2.75) is 57.8 Å². The average Bonchev–Trinajstić information content (AvgIpc) is 1.12. The van der Waals surface area contributed by atoms with E-state index in [-0.39, 0.29) is 22.8 Å². The number of hydrogen-bond donors (Lipinski definition) is 5. The van der Waals surface area contributed by atoms with E-state index in [0.29, 0.717) is 51.2 Å². The molecule has 0 spiro atoms. The molecule has 0 amide bonds. The molecule has 115 heavy (non-hydrogen) atoms. The predicted molar refractivity (Wildman–Crippen MR) is 452 cm³/mol. The van der Waals surface area contributed by atoms with Crippen molar-refractivity contribution in [1.82, 2.24) is 23.4 Å². The van der Waals surface area contributed by atoms with Crippen molar-refractivity contribution in [2.24, 2.45) is 25.5 Å². The van der Waals surface area contributed by atoms with Crippen LogP contribution in [-0.2, 0) is 85.2 Å². The molecule has 15 nitrogen and oxygen atoms in total. The molecule has 33 heteroatoms. The molecule has 1 saturated carbocycles. The summed E-state index contributed by atoms with van der Waals surface area (Å²) in [5, 5.41) is 72.7. The van der Waals surface area contributed by atoms with Gasteiger partial charge in [-0.1, -0.05) is 142 Å². The molecule has 8 aromatic carbocycles. The normalized spacial score (nSPS) is 11.3. The molecule has 0 unspecified atom stereocenters. The molecule has 0 saturated heterocycles. The van der Waals surface area contributed by atoms with Gasteiger partial charge in [0.2, 0.25) is 0 Å². The number of nitrogens with zero attached hydrogens (tertiary/aromatic N) is 10. The number of phenols is 5. The zero-order valence-corrected chi connectivity index (χ0v) is 76.7. The fraction of sp³-hybridized carbons (Fsp3) is 0.110. The summed E-state index contributed by atoms with van der Waals surface area (Å²) in [7, 11) is 48.9. The van der Waals surface area contributed by atoms with E-state index >= 15 is 0 Å². The number of aromatic hydroxyl groups is 5. The third-order valence-corrected chi connectivity index (χ3v) is 16.0. The molecule has 5 aromatic heterocycles. The van der Waals surface area contributed by atoms with E-state index in [1.54, 1.807) is 85.0 Å². The molecule has 5 N–H and O–H groups in total. The van der Waals surface area contributed by atoms with Crippen LogP contribution in [0.1, 0.15) is 96.7 Å². The van der Waals surface area contributed by atoms with Gasteiger partial charge in [-0.2, -0.15) is 25.5 Å². The Bertz CT molecular complexity index is 4960. The van der Waals surface area contributed by atoms with Crippen LogP contribution in [0.25, 0.3) is 33.4 Å². The molecule has 594 valence electrons. The first-order valence-electron chi connectivity index (χ1n) is 34.4. The molecule has 13 aromatic rings. The maximum absolute atomic E-state index is 13.8. The van der Waals surface area contributed by atoms with Gasteiger partial charge in [0, 0.05) is 113 Å². The van der Waals surface area contributed by atoms with E-state index in [2.05, 4.69) is 45.4 Å². The zero-order chi connectivity index (χ0) is 83.5. The number of benzene rings is 8. The third kappa shape index (κ3) is 36.5. The Morgan fingerprint density at radius 3 is 0.974 bits per heavy atom. The van der Waals surface area contributed by atoms with Crippen molar-refractivity contribution in [2.75, 3.05) is 0 Å².